The number of aryl methyl sites for hydroxylation is 1. The van der Waals surface area contributed by atoms with Gasteiger partial charge in [0.2, 0.25) is 5.91 Å². The summed E-state index contributed by atoms with van der Waals surface area (Å²) in [6.45, 7) is 8.36. The van der Waals surface area contributed by atoms with Crippen LogP contribution in [0.1, 0.15) is 26.3 Å². The normalized spacial score (nSPS) is 11.1. The molecule has 0 unspecified atom stereocenters. The molecule has 0 aliphatic carbocycles. The minimum atomic E-state index is -0.583. The van der Waals surface area contributed by atoms with Gasteiger partial charge in [-0.1, -0.05) is 17.7 Å². The Kier molecular flexibility index (Phi) is 7.25. The van der Waals surface area contributed by atoms with Gasteiger partial charge in [-0.2, -0.15) is 5.10 Å². The Hall–Kier alpha value is -3.03. The highest BCUT2D eigenvalue weighted by atomic mass is 16.6. The summed E-state index contributed by atoms with van der Waals surface area (Å²) in [5.41, 5.74) is 1.14. The summed E-state index contributed by atoms with van der Waals surface area (Å²) in [5, 5.41) is 4.16. The van der Waals surface area contributed by atoms with Crippen LogP contribution in [0.25, 0.3) is 0 Å². The van der Waals surface area contributed by atoms with E-state index < -0.39 is 11.7 Å². The summed E-state index contributed by atoms with van der Waals surface area (Å²) in [6.07, 6.45) is 2.68. The molecule has 0 aliphatic rings. The Morgan fingerprint density at radius 1 is 1.14 bits per heavy atom. The zero-order valence-electron chi connectivity index (χ0n) is 18.0. The van der Waals surface area contributed by atoms with Gasteiger partial charge in [0, 0.05) is 20.3 Å². The first-order chi connectivity index (χ1) is 13.5. The maximum Gasteiger partial charge on any atom is 0.414 e. The molecule has 2 amide bonds. The number of aromatic nitrogens is 2. The fourth-order valence-corrected chi connectivity index (χ4v) is 2.37. The number of likely N-dealkylation sites (N-methyl/N-ethyl adjacent to an activating group) is 1. The topological polar surface area (TPSA) is 76.9 Å². The molecule has 1 aromatic heterocycles. The van der Waals surface area contributed by atoms with Crippen molar-refractivity contribution in [3.63, 3.8) is 0 Å². The third kappa shape index (κ3) is 7.14. The maximum atomic E-state index is 12.4. The van der Waals surface area contributed by atoms with E-state index in [9.17, 15) is 9.59 Å². The van der Waals surface area contributed by atoms with Crippen molar-refractivity contribution in [3.8, 4) is 5.75 Å². The van der Waals surface area contributed by atoms with Crippen LogP contribution in [-0.2, 0) is 16.1 Å². The minimum absolute atomic E-state index is 0.0726. The van der Waals surface area contributed by atoms with E-state index >= 15 is 0 Å². The Balaban J connectivity index is 1.82. The van der Waals surface area contributed by atoms with Crippen molar-refractivity contribution < 1.29 is 19.1 Å². The van der Waals surface area contributed by atoms with E-state index in [1.807, 2.05) is 31.2 Å². The van der Waals surface area contributed by atoms with Crippen LogP contribution in [0.15, 0.2) is 36.7 Å². The predicted molar refractivity (Wildman–Crippen MR) is 111 cm³/mol. The lowest BCUT2D eigenvalue weighted by molar-refractivity contribution is -0.131. The van der Waals surface area contributed by atoms with E-state index in [0.29, 0.717) is 18.8 Å². The number of anilines is 1. The first kappa shape index (κ1) is 22.3. The molecule has 29 heavy (non-hydrogen) atoms. The third-order valence-corrected chi connectivity index (χ3v) is 4.11. The number of carbonyl (C=O) groups excluding carboxylic acids is 2. The van der Waals surface area contributed by atoms with Crippen molar-refractivity contribution in [1.29, 1.82) is 0 Å². The van der Waals surface area contributed by atoms with Crippen molar-refractivity contribution in [2.24, 2.45) is 0 Å². The van der Waals surface area contributed by atoms with Gasteiger partial charge in [-0.3, -0.25) is 14.4 Å². The second kappa shape index (κ2) is 9.45. The fourth-order valence-electron chi connectivity index (χ4n) is 2.37. The number of benzene rings is 1. The molecule has 0 aliphatic heterocycles. The van der Waals surface area contributed by atoms with Gasteiger partial charge in [-0.05, 0) is 39.8 Å². The number of hydrogen-bond acceptors (Lipinski definition) is 5. The predicted octanol–water partition coefficient (Wildman–Crippen LogP) is 3.10. The van der Waals surface area contributed by atoms with Crippen LogP contribution < -0.4 is 9.64 Å². The molecule has 0 spiro atoms. The van der Waals surface area contributed by atoms with Gasteiger partial charge in [0.25, 0.3) is 0 Å². The molecule has 2 aromatic rings. The summed E-state index contributed by atoms with van der Waals surface area (Å²) in [5.74, 6) is 0.672. The number of amides is 2. The van der Waals surface area contributed by atoms with Gasteiger partial charge in [0.05, 0.1) is 18.4 Å². The molecule has 0 N–H and O–H groups in total. The molecular weight excluding hydrogens is 372 g/mol. The van der Waals surface area contributed by atoms with Crippen LogP contribution in [0, 0.1) is 6.92 Å². The van der Waals surface area contributed by atoms with Crippen LogP contribution in [0.2, 0.25) is 0 Å². The monoisotopic (exact) mass is 402 g/mol. The van der Waals surface area contributed by atoms with E-state index in [4.69, 9.17) is 9.47 Å². The SMILES string of the molecule is Cc1ccc(OCCN(C)C(=O)Cn2cc(N(C)C(=O)OC(C)(C)C)cn2)cc1. The summed E-state index contributed by atoms with van der Waals surface area (Å²) in [4.78, 5) is 27.5. The highest BCUT2D eigenvalue weighted by Crippen LogP contribution is 2.16. The molecule has 8 nitrogen and oxygen atoms in total. The molecule has 0 saturated carbocycles. The summed E-state index contributed by atoms with van der Waals surface area (Å²) >= 11 is 0. The van der Waals surface area contributed by atoms with E-state index in [0.717, 1.165) is 5.75 Å². The quantitative estimate of drug-likeness (QED) is 0.711. The van der Waals surface area contributed by atoms with Crippen molar-refractivity contribution >= 4 is 17.7 Å². The smallest absolute Gasteiger partial charge is 0.414 e. The van der Waals surface area contributed by atoms with Gasteiger partial charge in [0.15, 0.2) is 0 Å². The molecule has 1 heterocycles. The average Bonchev–Trinajstić information content (AvgIpc) is 3.09. The molecule has 0 fully saturated rings. The van der Waals surface area contributed by atoms with Gasteiger partial charge < -0.3 is 14.4 Å². The molecule has 158 valence electrons. The molecule has 1 aromatic carbocycles. The Labute approximate surface area is 172 Å². The average molecular weight is 402 g/mol. The second-order valence-corrected chi connectivity index (χ2v) is 7.91. The lowest BCUT2D eigenvalue weighted by Crippen LogP contribution is -2.34. The molecule has 0 radical (unpaired) electrons. The minimum Gasteiger partial charge on any atom is -0.492 e. The van der Waals surface area contributed by atoms with Gasteiger partial charge in [-0.15, -0.1) is 0 Å². The summed E-state index contributed by atoms with van der Waals surface area (Å²) in [7, 11) is 3.32. The Morgan fingerprint density at radius 2 is 1.79 bits per heavy atom. The van der Waals surface area contributed by atoms with Crippen LogP contribution in [0.3, 0.4) is 0 Å². The molecule has 0 bridgehead atoms. The lowest BCUT2D eigenvalue weighted by atomic mass is 10.2. The first-order valence-electron chi connectivity index (χ1n) is 9.48. The summed E-state index contributed by atoms with van der Waals surface area (Å²) < 4.78 is 12.5. The molecule has 0 saturated heterocycles. The van der Waals surface area contributed by atoms with E-state index in [1.165, 1.54) is 21.3 Å². The third-order valence-electron chi connectivity index (χ3n) is 4.11. The Morgan fingerprint density at radius 3 is 2.41 bits per heavy atom. The largest absolute Gasteiger partial charge is 0.492 e. The fraction of sp³-hybridized carbons (Fsp3) is 0.476. The number of ether oxygens (including phenoxy) is 2. The van der Waals surface area contributed by atoms with E-state index in [-0.39, 0.29) is 12.5 Å². The van der Waals surface area contributed by atoms with Crippen molar-refractivity contribution in [1.82, 2.24) is 14.7 Å². The summed E-state index contributed by atoms with van der Waals surface area (Å²) in [6, 6.07) is 7.77. The number of rotatable bonds is 7. The van der Waals surface area contributed by atoms with Crippen LogP contribution in [-0.4, -0.2) is 59.5 Å². The standard InChI is InChI=1S/C21H30N4O4/c1-16-7-9-18(10-8-16)28-12-11-23(5)19(26)15-25-14-17(13-22-25)24(6)20(27)29-21(2,3)4/h7-10,13-14H,11-12,15H2,1-6H3. The van der Waals surface area contributed by atoms with Crippen LogP contribution >= 0.6 is 0 Å². The highest BCUT2D eigenvalue weighted by molar-refractivity contribution is 5.86. The first-order valence-corrected chi connectivity index (χ1v) is 9.48. The zero-order chi connectivity index (χ0) is 21.6. The van der Waals surface area contributed by atoms with Gasteiger partial charge in [0.1, 0.15) is 24.5 Å². The van der Waals surface area contributed by atoms with E-state index in [1.54, 1.807) is 46.0 Å². The van der Waals surface area contributed by atoms with Gasteiger partial charge >= 0.3 is 6.09 Å². The van der Waals surface area contributed by atoms with Crippen molar-refractivity contribution in [3.05, 3.63) is 42.2 Å². The van der Waals surface area contributed by atoms with Crippen LogP contribution in [0.5, 0.6) is 5.75 Å². The number of carbonyl (C=O) groups is 2. The van der Waals surface area contributed by atoms with Crippen LogP contribution in [0.4, 0.5) is 10.5 Å². The molecular formula is C21H30N4O4. The number of nitrogens with zero attached hydrogens (tertiary/aromatic N) is 4. The molecule has 2 rings (SSSR count). The van der Waals surface area contributed by atoms with Gasteiger partial charge in [-0.25, -0.2) is 4.79 Å². The molecule has 8 heteroatoms. The second-order valence-electron chi connectivity index (χ2n) is 7.91. The van der Waals surface area contributed by atoms with Crippen molar-refractivity contribution in [2.45, 2.75) is 39.8 Å². The van der Waals surface area contributed by atoms with E-state index in [2.05, 4.69) is 5.10 Å². The number of hydrogen-bond donors (Lipinski definition) is 0. The zero-order valence-corrected chi connectivity index (χ0v) is 18.0. The highest BCUT2D eigenvalue weighted by Gasteiger charge is 2.21. The maximum absolute atomic E-state index is 12.4. The van der Waals surface area contributed by atoms with Crippen molar-refractivity contribution in [2.75, 3.05) is 32.1 Å². The Bertz CT molecular complexity index is 824. The molecule has 0 atom stereocenters. The lowest BCUT2D eigenvalue weighted by Gasteiger charge is -2.23.